The minimum absolute atomic E-state index is 0.255. The first kappa shape index (κ1) is 13.8. The zero-order valence-electron chi connectivity index (χ0n) is 10.4. The highest BCUT2D eigenvalue weighted by Gasteiger charge is 2.34. The first-order valence-corrected chi connectivity index (χ1v) is 8.24. The summed E-state index contributed by atoms with van der Waals surface area (Å²) in [7, 11) is -3.06. The lowest BCUT2D eigenvalue weighted by Crippen LogP contribution is -2.37. The summed E-state index contributed by atoms with van der Waals surface area (Å²) in [5.74, 6) is 0.255. The topological polar surface area (TPSA) is 60.2 Å². The lowest BCUT2D eigenvalue weighted by molar-refractivity contribution is 0.505. The first-order chi connectivity index (χ1) is 8.42. The Morgan fingerprint density at radius 1 is 1.39 bits per heavy atom. The van der Waals surface area contributed by atoms with Gasteiger partial charge in [-0.15, -0.1) is 0 Å². The smallest absolute Gasteiger partial charge is 0.155 e. The van der Waals surface area contributed by atoms with Gasteiger partial charge in [-0.2, -0.15) is 0 Å². The van der Waals surface area contributed by atoms with Crippen LogP contribution < -0.4 is 5.73 Å². The number of hydrogen-bond acceptors (Lipinski definition) is 3. The van der Waals surface area contributed by atoms with E-state index in [2.05, 4.69) is 0 Å². The number of sulfone groups is 1. The van der Waals surface area contributed by atoms with Crippen molar-refractivity contribution in [3.05, 3.63) is 34.3 Å². The van der Waals surface area contributed by atoms with E-state index < -0.39 is 21.1 Å². The summed E-state index contributed by atoms with van der Waals surface area (Å²) in [6, 6.07) is 5.06. The molecule has 0 saturated carbocycles. The van der Waals surface area contributed by atoms with Crippen LogP contribution in [0, 0.1) is 6.92 Å². The maximum atomic E-state index is 12.0. The molecule has 2 N–H and O–H groups in total. The van der Waals surface area contributed by atoms with Gasteiger partial charge in [0.1, 0.15) is 0 Å². The largest absolute Gasteiger partial charge is 0.323 e. The second kappa shape index (κ2) is 5.19. The van der Waals surface area contributed by atoms with Gasteiger partial charge >= 0.3 is 0 Å². The third-order valence-electron chi connectivity index (χ3n) is 3.61. The minimum atomic E-state index is -3.06. The summed E-state index contributed by atoms with van der Waals surface area (Å²) in [5, 5.41) is 0.168. The number of rotatable bonds is 2. The van der Waals surface area contributed by atoms with Crippen molar-refractivity contribution in [3.8, 4) is 0 Å². The van der Waals surface area contributed by atoms with Crippen LogP contribution in [0.5, 0.6) is 0 Å². The Morgan fingerprint density at radius 3 is 2.72 bits per heavy atom. The van der Waals surface area contributed by atoms with Crippen LogP contribution in [0.4, 0.5) is 0 Å². The lowest BCUT2D eigenvalue weighted by atomic mass is 9.99. The first-order valence-electron chi connectivity index (χ1n) is 6.15. The second-order valence-corrected chi connectivity index (χ2v) is 7.68. The summed E-state index contributed by atoms with van der Waals surface area (Å²) >= 11 is 6.06. The third-order valence-corrected chi connectivity index (χ3v) is 6.33. The Morgan fingerprint density at radius 2 is 2.11 bits per heavy atom. The molecule has 0 radical (unpaired) electrons. The standard InChI is InChI=1S/C13H18ClNO2S/c1-9-5-6-10(8-11(9)14)13(15)12-4-2-3-7-18(12,16)17/h5-6,8,12-13H,2-4,7,15H2,1H3. The normalized spacial score (nSPS) is 24.7. The van der Waals surface area contributed by atoms with Gasteiger partial charge in [0.15, 0.2) is 9.84 Å². The van der Waals surface area contributed by atoms with Crippen LogP contribution in [0.2, 0.25) is 5.02 Å². The molecule has 1 heterocycles. The van der Waals surface area contributed by atoms with Crippen LogP contribution in [0.3, 0.4) is 0 Å². The molecule has 1 aliphatic heterocycles. The Hall–Kier alpha value is -0.580. The van der Waals surface area contributed by atoms with Crippen molar-refractivity contribution in [2.45, 2.75) is 37.5 Å². The molecule has 1 aliphatic rings. The molecule has 5 heteroatoms. The fourth-order valence-corrected chi connectivity index (χ4v) is 4.64. The van der Waals surface area contributed by atoms with Gasteiger partial charge in [-0.3, -0.25) is 0 Å². The van der Waals surface area contributed by atoms with E-state index in [-0.39, 0.29) is 5.75 Å². The molecule has 0 aliphatic carbocycles. The zero-order chi connectivity index (χ0) is 13.3. The Bertz CT molecular complexity index is 542. The molecule has 18 heavy (non-hydrogen) atoms. The summed E-state index contributed by atoms with van der Waals surface area (Å²) in [4.78, 5) is 0. The quantitative estimate of drug-likeness (QED) is 0.909. The van der Waals surface area contributed by atoms with Crippen molar-refractivity contribution in [3.63, 3.8) is 0 Å². The molecule has 1 saturated heterocycles. The van der Waals surface area contributed by atoms with Gasteiger partial charge in [0.25, 0.3) is 0 Å². The number of hydrogen-bond donors (Lipinski definition) is 1. The van der Waals surface area contributed by atoms with Crippen molar-refractivity contribution < 1.29 is 8.42 Å². The van der Waals surface area contributed by atoms with E-state index in [1.165, 1.54) is 0 Å². The molecular formula is C13H18ClNO2S. The van der Waals surface area contributed by atoms with Gasteiger partial charge in [0, 0.05) is 11.1 Å². The van der Waals surface area contributed by atoms with Crippen LogP contribution in [-0.4, -0.2) is 19.4 Å². The number of aryl methyl sites for hydroxylation is 1. The Kier molecular flexibility index (Phi) is 3.99. The van der Waals surface area contributed by atoms with Gasteiger partial charge in [-0.25, -0.2) is 8.42 Å². The predicted molar refractivity (Wildman–Crippen MR) is 74.5 cm³/mol. The summed E-state index contributed by atoms with van der Waals surface area (Å²) in [6.45, 7) is 1.91. The highest BCUT2D eigenvalue weighted by atomic mass is 35.5. The summed E-state index contributed by atoms with van der Waals surface area (Å²) in [6.07, 6.45) is 2.33. The van der Waals surface area contributed by atoms with Crippen molar-refractivity contribution in [2.24, 2.45) is 5.73 Å². The van der Waals surface area contributed by atoms with Crippen molar-refractivity contribution in [1.29, 1.82) is 0 Å². The Balaban J connectivity index is 2.30. The molecule has 100 valence electrons. The molecule has 0 amide bonds. The fourth-order valence-electron chi connectivity index (χ4n) is 2.41. The number of nitrogens with two attached hydrogens (primary N) is 1. The van der Waals surface area contributed by atoms with Gasteiger partial charge in [-0.05, 0) is 37.0 Å². The van der Waals surface area contributed by atoms with Crippen LogP contribution in [0.15, 0.2) is 18.2 Å². The van der Waals surface area contributed by atoms with Crippen molar-refractivity contribution >= 4 is 21.4 Å². The summed E-state index contributed by atoms with van der Waals surface area (Å²) in [5.41, 5.74) is 7.90. The average Bonchev–Trinajstić information content (AvgIpc) is 2.31. The average molecular weight is 288 g/mol. The van der Waals surface area contributed by atoms with E-state index in [4.69, 9.17) is 17.3 Å². The molecule has 0 aromatic heterocycles. The molecule has 2 rings (SSSR count). The minimum Gasteiger partial charge on any atom is -0.323 e. The molecule has 3 nitrogen and oxygen atoms in total. The van der Waals surface area contributed by atoms with E-state index in [9.17, 15) is 8.42 Å². The number of halogens is 1. The van der Waals surface area contributed by atoms with E-state index in [1.807, 2.05) is 19.1 Å². The van der Waals surface area contributed by atoms with Crippen LogP contribution in [-0.2, 0) is 9.84 Å². The van der Waals surface area contributed by atoms with E-state index >= 15 is 0 Å². The molecule has 1 aromatic rings. The van der Waals surface area contributed by atoms with Crippen molar-refractivity contribution in [1.82, 2.24) is 0 Å². The van der Waals surface area contributed by atoms with Crippen molar-refractivity contribution in [2.75, 3.05) is 5.75 Å². The highest BCUT2D eigenvalue weighted by Crippen LogP contribution is 2.30. The fraction of sp³-hybridized carbons (Fsp3) is 0.538. The molecule has 2 atom stereocenters. The molecule has 2 unspecified atom stereocenters. The Labute approximate surface area is 113 Å². The molecule has 1 aromatic carbocycles. The highest BCUT2D eigenvalue weighted by molar-refractivity contribution is 7.92. The second-order valence-electron chi connectivity index (χ2n) is 4.94. The number of benzene rings is 1. The molecular weight excluding hydrogens is 270 g/mol. The monoisotopic (exact) mass is 287 g/mol. The molecule has 0 bridgehead atoms. The van der Waals surface area contributed by atoms with Crippen LogP contribution in [0.1, 0.15) is 36.4 Å². The summed E-state index contributed by atoms with van der Waals surface area (Å²) < 4.78 is 24.1. The van der Waals surface area contributed by atoms with Gasteiger partial charge in [-0.1, -0.05) is 30.2 Å². The van der Waals surface area contributed by atoms with E-state index in [0.29, 0.717) is 11.4 Å². The SMILES string of the molecule is Cc1ccc(C(N)C2CCCCS2(=O)=O)cc1Cl. The zero-order valence-corrected chi connectivity index (χ0v) is 12.0. The maximum absolute atomic E-state index is 12.0. The van der Waals surface area contributed by atoms with E-state index in [0.717, 1.165) is 24.0 Å². The predicted octanol–water partition coefficient (Wildman–Crippen LogP) is 2.62. The van der Waals surface area contributed by atoms with Crippen LogP contribution in [0.25, 0.3) is 0 Å². The molecule has 0 spiro atoms. The third kappa shape index (κ3) is 2.71. The van der Waals surface area contributed by atoms with Gasteiger partial charge in [0.2, 0.25) is 0 Å². The van der Waals surface area contributed by atoms with E-state index in [1.54, 1.807) is 6.07 Å². The lowest BCUT2D eigenvalue weighted by Gasteiger charge is -2.28. The van der Waals surface area contributed by atoms with Gasteiger partial charge in [0.05, 0.1) is 11.0 Å². The van der Waals surface area contributed by atoms with Crippen LogP contribution >= 0.6 is 11.6 Å². The van der Waals surface area contributed by atoms with Gasteiger partial charge < -0.3 is 5.73 Å². The molecule has 1 fully saturated rings. The maximum Gasteiger partial charge on any atom is 0.155 e.